The van der Waals surface area contributed by atoms with Gasteiger partial charge >= 0.3 is 0 Å². The maximum atomic E-state index is 12.0. The van der Waals surface area contributed by atoms with Gasteiger partial charge in [-0.3, -0.25) is 0 Å². The third-order valence-electron chi connectivity index (χ3n) is 2.33. The van der Waals surface area contributed by atoms with Gasteiger partial charge in [-0.05, 0) is 25.5 Å². The molecule has 0 saturated carbocycles. The van der Waals surface area contributed by atoms with Gasteiger partial charge in [-0.1, -0.05) is 47.2 Å². The Bertz CT molecular complexity index is 424. The van der Waals surface area contributed by atoms with Crippen LogP contribution in [-0.2, 0) is 10.0 Å². The number of rotatable bonds is 5. The minimum Gasteiger partial charge on any atom is -0.207 e. The van der Waals surface area contributed by atoms with E-state index in [2.05, 4.69) is 27.3 Å². The van der Waals surface area contributed by atoms with Crippen LogP contribution in [-0.4, -0.2) is 18.9 Å². The molecule has 1 aromatic rings. The topological polar surface area (TPSA) is 46.2 Å². The van der Waals surface area contributed by atoms with Crippen molar-refractivity contribution in [3.63, 3.8) is 0 Å². The van der Waals surface area contributed by atoms with Gasteiger partial charge in [0.2, 0.25) is 10.0 Å². The SMILES string of the molecule is CCC(CI)NS(=O)(=O)c1ccc(C)cc1. The molecule has 3 nitrogen and oxygen atoms in total. The maximum Gasteiger partial charge on any atom is 0.240 e. The van der Waals surface area contributed by atoms with Gasteiger partial charge in [-0.15, -0.1) is 0 Å². The maximum absolute atomic E-state index is 12.0. The van der Waals surface area contributed by atoms with Crippen LogP contribution in [0.5, 0.6) is 0 Å². The van der Waals surface area contributed by atoms with Gasteiger partial charge < -0.3 is 0 Å². The third kappa shape index (κ3) is 3.71. The number of hydrogen-bond acceptors (Lipinski definition) is 2. The van der Waals surface area contributed by atoms with Crippen molar-refractivity contribution in [1.82, 2.24) is 4.72 Å². The Balaban J connectivity index is 2.89. The minimum absolute atomic E-state index is 0.00639. The largest absolute Gasteiger partial charge is 0.240 e. The van der Waals surface area contributed by atoms with Crippen molar-refractivity contribution in [3.8, 4) is 0 Å². The van der Waals surface area contributed by atoms with Crippen molar-refractivity contribution in [2.24, 2.45) is 0 Å². The first-order chi connectivity index (χ1) is 7.49. The Labute approximate surface area is 111 Å². The smallest absolute Gasteiger partial charge is 0.207 e. The van der Waals surface area contributed by atoms with Crippen molar-refractivity contribution in [1.29, 1.82) is 0 Å². The molecule has 0 spiro atoms. The highest BCUT2D eigenvalue weighted by molar-refractivity contribution is 14.1. The van der Waals surface area contributed by atoms with Crippen LogP contribution in [0.25, 0.3) is 0 Å². The van der Waals surface area contributed by atoms with Crippen molar-refractivity contribution in [2.45, 2.75) is 31.2 Å². The Hall–Kier alpha value is -0.140. The Morgan fingerprint density at radius 1 is 1.31 bits per heavy atom. The second-order valence-corrected chi connectivity index (χ2v) is 6.29. The van der Waals surface area contributed by atoms with Crippen molar-refractivity contribution in [3.05, 3.63) is 29.8 Å². The summed E-state index contributed by atoms with van der Waals surface area (Å²) in [4.78, 5) is 0.335. The van der Waals surface area contributed by atoms with E-state index >= 15 is 0 Å². The predicted molar refractivity (Wildman–Crippen MR) is 74.5 cm³/mol. The molecule has 0 bridgehead atoms. The highest BCUT2D eigenvalue weighted by Gasteiger charge is 2.17. The molecule has 0 aliphatic carbocycles. The Morgan fingerprint density at radius 3 is 2.31 bits per heavy atom. The second-order valence-electron chi connectivity index (χ2n) is 3.69. The fraction of sp³-hybridized carbons (Fsp3) is 0.455. The number of sulfonamides is 1. The van der Waals surface area contributed by atoms with Gasteiger partial charge in [0.1, 0.15) is 0 Å². The molecule has 1 rings (SSSR count). The molecule has 5 heteroatoms. The zero-order valence-corrected chi connectivity index (χ0v) is 12.4. The van der Waals surface area contributed by atoms with Crippen LogP contribution in [0.3, 0.4) is 0 Å². The molecule has 0 aromatic heterocycles. The van der Waals surface area contributed by atoms with Crippen molar-refractivity contribution < 1.29 is 8.42 Å². The molecule has 0 amide bonds. The predicted octanol–water partition coefficient (Wildman–Crippen LogP) is 2.49. The first-order valence-electron chi connectivity index (χ1n) is 5.14. The highest BCUT2D eigenvalue weighted by atomic mass is 127. The summed E-state index contributed by atoms with van der Waals surface area (Å²) in [6.45, 7) is 3.91. The number of halogens is 1. The van der Waals surface area contributed by atoms with E-state index in [0.717, 1.165) is 16.4 Å². The summed E-state index contributed by atoms with van der Waals surface area (Å²) in [5.74, 6) is 0. The molecule has 0 aliphatic heterocycles. The molecule has 90 valence electrons. The fourth-order valence-corrected chi connectivity index (χ4v) is 3.69. The molecule has 0 aliphatic rings. The summed E-state index contributed by atoms with van der Waals surface area (Å²) in [5.41, 5.74) is 1.06. The molecular weight excluding hydrogens is 337 g/mol. The van der Waals surface area contributed by atoms with Gasteiger partial charge in [0.25, 0.3) is 0 Å². The molecule has 1 aromatic carbocycles. The first-order valence-corrected chi connectivity index (χ1v) is 8.15. The van der Waals surface area contributed by atoms with Gasteiger partial charge in [-0.25, -0.2) is 13.1 Å². The standard InChI is InChI=1S/C11H16INO2S/c1-3-10(8-12)13-16(14,15)11-6-4-9(2)5-7-11/h4-7,10,13H,3,8H2,1-2H3. The summed E-state index contributed by atoms with van der Waals surface area (Å²) >= 11 is 2.19. The molecule has 0 saturated heterocycles. The van der Waals surface area contributed by atoms with E-state index in [-0.39, 0.29) is 6.04 Å². The van der Waals surface area contributed by atoms with Crippen LogP contribution in [0.4, 0.5) is 0 Å². The van der Waals surface area contributed by atoms with E-state index < -0.39 is 10.0 Å². The summed E-state index contributed by atoms with van der Waals surface area (Å²) in [6, 6.07) is 6.89. The molecule has 0 radical (unpaired) electrons. The van der Waals surface area contributed by atoms with Crippen LogP contribution in [0.1, 0.15) is 18.9 Å². The van der Waals surface area contributed by atoms with Gasteiger partial charge in [0.15, 0.2) is 0 Å². The summed E-state index contributed by atoms with van der Waals surface area (Å²) in [5, 5.41) is 0. The lowest BCUT2D eigenvalue weighted by Gasteiger charge is -2.14. The molecule has 1 N–H and O–H groups in total. The van der Waals surface area contributed by atoms with Crippen LogP contribution < -0.4 is 4.72 Å². The molecule has 1 atom stereocenters. The number of hydrogen-bond donors (Lipinski definition) is 1. The van der Waals surface area contributed by atoms with E-state index in [1.165, 1.54) is 0 Å². The highest BCUT2D eigenvalue weighted by Crippen LogP contribution is 2.11. The van der Waals surface area contributed by atoms with Crippen LogP contribution in [0, 0.1) is 6.92 Å². The van der Waals surface area contributed by atoms with Crippen LogP contribution in [0.2, 0.25) is 0 Å². The van der Waals surface area contributed by atoms with Crippen LogP contribution >= 0.6 is 22.6 Å². The lowest BCUT2D eigenvalue weighted by Crippen LogP contribution is -2.35. The van der Waals surface area contributed by atoms with Crippen molar-refractivity contribution >= 4 is 32.6 Å². The van der Waals surface area contributed by atoms with E-state index in [0.29, 0.717) is 4.90 Å². The fourth-order valence-electron chi connectivity index (χ4n) is 1.23. The van der Waals surface area contributed by atoms with Crippen LogP contribution in [0.15, 0.2) is 29.2 Å². The first kappa shape index (κ1) is 13.9. The van der Waals surface area contributed by atoms with Gasteiger partial charge in [-0.2, -0.15) is 0 Å². The van der Waals surface area contributed by atoms with Gasteiger partial charge in [0, 0.05) is 10.5 Å². The molecule has 0 heterocycles. The number of aryl methyl sites for hydroxylation is 1. The van der Waals surface area contributed by atoms with Gasteiger partial charge in [0.05, 0.1) is 4.90 Å². The average Bonchev–Trinajstić information content (AvgIpc) is 2.26. The molecule has 0 fully saturated rings. The zero-order chi connectivity index (χ0) is 12.2. The number of alkyl halides is 1. The Kier molecular flexibility index (Phi) is 5.20. The average molecular weight is 353 g/mol. The third-order valence-corrected chi connectivity index (χ3v) is 4.93. The summed E-state index contributed by atoms with van der Waals surface area (Å²) in [7, 11) is -3.36. The van der Waals surface area contributed by atoms with E-state index in [4.69, 9.17) is 0 Å². The van der Waals surface area contributed by atoms with E-state index in [1.54, 1.807) is 24.3 Å². The Morgan fingerprint density at radius 2 is 1.88 bits per heavy atom. The van der Waals surface area contributed by atoms with E-state index in [9.17, 15) is 8.42 Å². The van der Waals surface area contributed by atoms with E-state index in [1.807, 2.05) is 13.8 Å². The quantitative estimate of drug-likeness (QED) is 0.653. The monoisotopic (exact) mass is 353 g/mol. The molecular formula is C11H16INO2S. The second kappa shape index (κ2) is 5.97. The molecule has 1 unspecified atom stereocenters. The lowest BCUT2D eigenvalue weighted by molar-refractivity contribution is 0.560. The van der Waals surface area contributed by atoms with Crippen molar-refractivity contribution in [2.75, 3.05) is 4.43 Å². The normalized spacial score (nSPS) is 13.7. The zero-order valence-electron chi connectivity index (χ0n) is 9.40. The number of nitrogens with one attached hydrogen (secondary N) is 1. The summed E-state index contributed by atoms with van der Waals surface area (Å²) in [6.07, 6.45) is 0.800. The lowest BCUT2D eigenvalue weighted by atomic mass is 10.2. The number of benzene rings is 1. The minimum atomic E-state index is -3.36. The summed E-state index contributed by atoms with van der Waals surface area (Å²) < 4.78 is 27.4. The molecule has 16 heavy (non-hydrogen) atoms.